The first-order valence-electron chi connectivity index (χ1n) is 5.83. The molecule has 1 heterocycles. The zero-order valence-corrected chi connectivity index (χ0v) is 11.1. The molecule has 1 N–H and O–H groups in total. The van der Waals surface area contributed by atoms with Crippen molar-refractivity contribution in [1.82, 2.24) is 9.78 Å². The predicted octanol–water partition coefficient (Wildman–Crippen LogP) is 3.87. The summed E-state index contributed by atoms with van der Waals surface area (Å²) in [4.78, 5) is 0. The third-order valence-electron chi connectivity index (χ3n) is 2.72. The van der Waals surface area contributed by atoms with E-state index in [0.717, 1.165) is 12.1 Å². The number of nitrogens with one attached hydrogen (secondary N) is 1. The van der Waals surface area contributed by atoms with Crippen LogP contribution in [0.3, 0.4) is 0 Å². The maximum atomic E-state index is 13.2. The minimum Gasteiger partial charge on any atom is -0.378 e. The minimum absolute atomic E-state index is 0.0446. The Bertz CT molecular complexity index is 519. The lowest BCUT2D eigenvalue weighted by atomic mass is 10.2. The summed E-state index contributed by atoms with van der Waals surface area (Å²) in [6, 6.07) is 4.45. The van der Waals surface area contributed by atoms with Crippen LogP contribution in [0.4, 0.5) is 10.1 Å². The lowest BCUT2D eigenvalue weighted by Gasteiger charge is -2.13. The summed E-state index contributed by atoms with van der Waals surface area (Å²) in [5.41, 5.74) is 1.72. The molecular weight excluding hydrogens is 253 g/mol. The molecule has 5 heteroatoms. The van der Waals surface area contributed by atoms with E-state index in [4.69, 9.17) is 11.6 Å². The number of benzene rings is 1. The van der Waals surface area contributed by atoms with Gasteiger partial charge in [-0.2, -0.15) is 5.10 Å². The van der Waals surface area contributed by atoms with E-state index in [0.29, 0.717) is 10.7 Å². The number of aryl methyl sites for hydroxylation is 1. The fourth-order valence-electron chi connectivity index (χ4n) is 1.75. The van der Waals surface area contributed by atoms with Crippen molar-refractivity contribution in [2.75, 3.05) is 5.32 Å². The molecule has 0 aliphatic heterocycles. The zero-order chi connectivity index (χ0) is 13.1. The maximum absolute atomic E-state index is 13.2. The Morgan fingerprint density at radius 2 is 2.22 bits per heavy atom. The molecule has 0 aliphatic rings. The van der Waals surface area contributed by atoms with E-state index < -0.39 is 0 Å². The average molecular weight is 268 g/mol. The van der Waals surface area contributed by atoms with Crippen molar-refractivity contribution in [3.05, 3.63) is 47.0 Å². The van der Waals surface area contributed by atoms with Crippen molar-refractivity contribution >= 4 is 17.3 Å². The van der Waals surface area contributed by atoms with E-state index >= 15 is 0 Å². The summed E-state index contributed by atoms with van der Waals surface area (Å²) in [5, 5.41) is 7.79. The third kappa shape index (κ3) is 3.01. The molecule has 1 unspecified atom stereocenters. The Morgan fingerprint density at radius 1 is 1.44 bits per heavy atom. The Balaban J connectivity index is 2.12. The number of anilines is 1. The maximum Gasteiger partial charge on any atom is 0.126 e. The number of aromatic nitrogens is 2. The second-order valence-corrected chi connectivity index (χ2v) is 4.59. The van der Waals surface area contributed by atoms with Gasteiger partial charge in [0.05, 0.1) is 12.2 Å². The molecule has 0 radical (unpaired) electrons. The molecule has 3 nitrogen and oxygen atoms in total. The second kappa shape index (κ2) is 5.40. The smallest absolute Gasteiger partial charge is 0.126 e. The molecule has 96 valence electrons. The standard InChI is InChI=1S/C13H15ClFN3/c1-3-18-8-10(7-16-18)9(2)17-13-5-11(14)4-12(15)6-13/h4-9,17H,3H2,1-2H3. The molecular formula is C13H15ClFN3. The van der Waals surface area contributed by atoms with Crippen molar-refractivity contribution in [2.24, 2.45) is 0 Å². The van der Waals surface area contributed by atoms with E-state index in [2.05, 4.69) is 10.4 Å². The monoisotopic (exact) mass is 267 g/mol. The number of nitrogens with zero attached hydrogens (tertiary/aromatic N) is 2. The summed E-state index contributed by atoms with van der Waals surface area (Å²) in [6.45, 7) is 4.86. The lowest BCUT2D eigenvalue weighted by Crippen LogP contribution is -2.06. The molecule has 0 fully saturated rings. The minimum atomic E-state index is -0.346. The van der Waals surface area contributed by atoms with Gasteiger partial charge in [-0.1, -0.05) is 11.6 Å². The van der Waals surface area contributed by atoms with Crippen molar-refractivity contribution in [1.29, 1.82) is 0 Å². The van der Waals surface area contributed by atoms with Gasteiger partial charge in [0.25, 0.3) is 0 Å². The van der Waals surface area contributed by atoms with Crippen LogP contribution >= 0.6 is 11.6 Å². The van der Waals surface area contributed by atoms with Crippen LogP contribution in [0.15, 0.2) is 30.6 Å². The molecule has 0 spiro atoms. The van der Waals surface area contributed by atoms with Gasteiger partial charge in [0, 0.05) is 29.0 Å². The Kier molecular flexibility index (Phi) is 3.87. The highest BCUT2D eigenvalue weighted by Crippen LogP contribution is 2.23. The molecule has 0 saturated carbocycles. The highest BCUT2D eigenvalue weighted by Gasteiger charge is 2.08. The largest absolute Gasteiger partial charge is 0.378 e. The topological polar surface area (TPSA) is 29.9 Å². The molecule has 0 amide bonds. The molecule has 2 rings (SSSR count). The van der Waals surface area contributed by atoms with Crippen LogP contribution in [0.5, 0.6) is 0 Å². The van der Waals surface area contributed by atoms with Gasteiger partial charge in [-0.3, -0.25) is 4.68 Å². The number of rotatable bonds is 4. The summed E-state index contributed by atoms with van der Waals surface area (Å²) < 4.78 is 15.1. The third-order valence-corrected chi connectivity index (χ3v) is 2.94. The summed E-state index contributed by atoms with van der Waals surface area (Å²) in [5.74, 6) is -0.346. The number of hydrogen-bond donors (Lipinski definition) is 1. The second-order valence-electron chi connectivity index (χ2n) is 4.15. The van der Waals surface area contributed by atoms with E-state index in [1.165, 1.54) is 12.1 Å². The Morgan fingerprint density at radius 3 is 2.83 bits per heavy atom. The first-order chi connectivity index (χ1) is 8.58. The van der Waals surface area contributed by atoms with Crippen molar-refractivity contribution in [3.8, 4) is 0 Å². The highest BCUT2D eigenvalue weighted by molar-refractivity contribution is 6.30. The SMILES string of the molecule is CCn1cc(C(C)Nc2cc(F)cc(Cl)c2)cn1. The molecule has 2 aromatic rings. The molecule has 0 aliphatic carbocycles. The fourth-order valence-corrected chi connectivity index (χ4v) is 1.97. The molecule has 18 heavy (non-hydrogen) atoms. The zero-order valence-electron chi connectivity index (χ0n) is 10.3. The first-order valence-corrected chi connectivity index (χ1v) is 6.21. The van der Waals surface area contributed by atoms with Gasteiger partial charge in [0.1, 0.15) is 5.82 Å². The quantitative estimate of drug-likeness (QED) is 0.911. The summed E-state index contributed by atoms with van der Waals surface area (Å²) in [6.07, 6.45) is 3.78. The molecule has 1 aromatic heterocycles. The van der Waals surface area contributed by atoms with Crippen LogP contribution in [0.25, 0.3) is 0 Å². The van der Waals surface area contributed by atoms with Crippen molar-refractivity contribution < 1.29 is 4.39 Å². The van der Waals surface area contributed by atoms with Gasteiger partial charge in [0.15, 0.2) is 0 Å². The van der Waals surface area contributed by atoms with Crippen molar-refractivity contribution in [2.45, 2.75) is 26.4 Å². The van der Waals surface area contributed by atoms with Gasteiger partial charge >= 0.3 is 0 Å². The van der Waals surface area contributed by atoms with E-state index in [1.54, 1.807) is 6.07 Å². The number of hydrogen-bond acceptors (Lipinski definition) is 2. The Labute approximate surface area is 111 Å². The van der Waals surface area contributed by atoms with Crippen LogP contribution in [0, 0.1) is 5.82 Å². The van der Waals surface area contributed by atoms with Crippen LogP contribution in [0.1, 0.15) is 25.5 Å². The van der Waals surface area contributed by atoms with Gasteiger partial charge in [0.2, 0.25) is 0 Å². The van der Waals surface area contributed by atoms with Crippen LogP contribution in [-0.2, 0) is 6.54 Å². The first kappa shape index (κ1) is 12.9. The molecule has 0 bridgehead atoms. The summed E-state index contributed by atoms with van der Waals surface area (Å²) >= 11 is 5.81. The fraction of sp³-hybridized carbons (Fsp3) is 0.308. The highest BCUT2D eigenvalue weighted by atomic mass is 35.5. The van der Waals surface area contributed by atoms with Crippen LogP contribution in [-0.4, -0.2) is 9.78 Å². The van der Waals surface area contributed by atoms with E-state index in [1.807, 2.05) is 30.9 Å². The average Bonchev–Trinajstić information content (AvgIpc) is 2.75. The van der Waals surface area contributed by atoms with E-state index in [-0.39, 0.29) is 11.9 Å². The van der Waals surface area contributed by atoms with Gasteiger partial charge < -0.3 is 5.32 Å². The van der Waals surface area contributed by atoms with Crippen molar-refractivity contribution in [3.63, 3.8) is 0 Å². The van der Waals surface area contributed by atoms with Gasteiger partial charge in [-0.05, 0) is 32.0 Å². The molecule has 1 aromatic carbocycles. The van der Waals surface area contributed by atoms with Gasteiger partial charge in [-0.25, -0.2) is 4.39 Å². The van der Waals surface area contributed by atoms with Gasteiger partial charge in [-0.15, -0.1) is 0 Å². The lowest BCUT2D eigenvalue weighted by molar-refractivity contribution is 0.628. The van der Waals surface area contributed by atoms with Crippen LogP contribution < -0.4 is 5.32 Å². The van der Waals surface area contributed by atoms with Crippen LogP contribution in [0.2, 0.25) is 5.02 Å². The summed E-state index contributed by atoms with van der Waals surface area (Å²) in [7, 11) is 0. The normalized spacial score (nSPS) is 12.4. The Hall–Kier alpha value is -1.55. The predicted molar refractivity (Wildman–Crippen MR) is 71.3 cm³/mol. The van der Waals surface area contributed by atoms with E-state index in [9.17, 15) is 4.39 Å². The number of halogens is 2. The molecule has 0 saturated heterocycles. The molecule has 1 atom stereocenters.